The molecule has 3 rings (SSSR count). The number of carbonyl (C=O) groups excluding carboxylic acids is 2. The molecule has 2 amide bonds. The normalized spacial score (nSPS) is 16.3. The molecule has 0 atom stereocenters. The maximum Gasteiger partial charge on any atom is 0.242 e. The number of amides is 2. The average molecular weight is 403 g/mol. The Balaban J connectivity index is 0.00000169. The highest BCUT2D eigenvalue weighted by Crippen LogP contribution is 2.27. The molecule has 2 aliphatic rings. The summed E-state index contributed by atoms with van der Waals surface area (Å²) in [6, 6.07) is 10.2. The highest BCUT2D eigenvalue weighted by atomic mass is 35.5. The first kappa shape index (κ1) is 22.5. The number of para-hydroxylation sites is 1. The van der Waals surface area contributed by atoms with Gasteiger partial charge >= 0.3 is 0 Å². The summed E-state index contributed by atoms with van der Waals surface area (Å²) in [5.74, 6) is 0.644. The first-order valence-electron chi connectivity index (χ1n) is 8.77. The average Bonchev–Trinajstić information content (AvgIpc) is 3.45. The van der Waals surface area contributed by atoms with Crippen LogP contribution in [0.25, 0.3) is 0 Å². The molecular weight excluding hydrogens is 375 g/mol. The lowest BCUT2D eigenvalue weighted by molar-refractivity contribution is -0.132. The van der Waals surface area contributed by atoms with E-state index in [1.807, 2.05) is 23.1 Å². The molecule has 1 aliphatic carbocycles. The molecule has 1 saturated heterocycles. The fourth-order valence-corrected chi connectivity index (χ4v) is 2.91. The summed E-state index contributed by atoms with van der Waals surface area (Å²) in [5.41, 5.74) is 1.19. The topological polar surface area (TPSA) is 64.7 Å². The fourth-order valence-electron chi connectivity index (χ4n) is 2.91. The third-order valence-electron chi connectivity index (χ3n) is 4.61. The standard InChI is InChI=1S/C18H26N4O2.2ClH/c23-17(13-19-12-15-6-7-15)20-14-18(24)22-10-8-21(9-11-22)16-4-2-1-3-5-16;;/h1-5,15,19H,6-14H2,(H,20,23);2*1H. The molecule has 6 nitrogen and oxygen atoms in total. The Morgan fingerprint density at radius 3 is 2.23 bits per heavy atom. The molecule has 2 N–H and O–H groups in total. The van der Waals surface area contributed by atoms with Crippen molar-refractivity contribution in [2.45, 2.75) is 12.8 Å². The highest BCUT2D eigenvalue weighted by Gasteiger charge is 2.22. The van der Waals surface area contributed by atoms with Crippen molar-refractivity contribution < 1.29 is 9.59 Å². The van der Waals surface area contributed by atoms with E-state index in [2.05, 4.69) is 27.7 Å². The lowest BCUT2D eigenvalue weighted by Gasteiger charge is -2.36. The number of halogens is 2. The first-order valence-corrected chi connectivity index (χ1v) is 8.77. The fraction of sp³-hybridized carbons (Fsp3) is 0.556. The second-order valence-corrected chi connectivity index (χ2v) is 6.55. The molecule has 0 spiro atoms. The Morgan fingerprint density at radius 1 is 0.962 bits per heavy atom. The van der Waals surface area contributed by atoms with Crippen LogP contribution in [0.3, 0.4) is 0 Å². The summed E-state index contributed by atoms with van der Waals surface area (Å²) < 4.78 is 0. The number of hydrogen-bond acceptors (Lipinski definition) is 4. The first-order chi connectivity index (χ1) is 11.7. The van der Waals surface area contributed by atoms with Crippen LogP contribution in [0.5, 0.6) is 0 Å². The minimum absolute atomic E-state index is 0. The van der Waals surface area contributed by atoms with Gasteiger partial charge in [0, 0.05) is 31.9 Å². The number of piperazine rings is 1. The van der Waals surface area contributed by atoms with Crippen LogP contribution in [-0.4, -0.2) is 62.5 Å². The third-order valence-corrected chi connectivity index (χ3v) is 4.61. The van der Waals surface area contributed by atoms with E-state index >= 15 is 0 Å². The smallest absolute Gasteiger partial charge is 0.242 e. The monoisotopic (exact) mass is 402 g/mol. The SMILES string of the molecule is Cl.Cl.O=C(CNCC1CC1)NCC(=O)N1CCN(c2ccccc2)CC1. The number of rotatable bonds is 7. The Bertz CT molecular complexity index is 562. The summed E-state index contributed by atoms with van der Waals surface area (Å²) in [4.78, 5) is 28.0. The predicted molar refractivity (Wildman–Crippen MR) is 108 cm³/mol. The third kappa shape index (κ3) is 7.02. The number of nitrogens with zero attached hydrogens (tertiary/aromatic N) is 2. The second-order valence-electron chi connectivity index (χ2n) is 6.55. The zero-order valence-electron chi connectivity index (χ0n) is 14.9. The summed E-state index contributed by atoms with van der Waals surface area (Å²) in [6.45, 7) is 4.34. The molecule has 0 aromatic heterocycles. The maximum atomic E-state index is 12.2. The van der Waals surface area contributed by atoms with Gasteiger partial charge in [0.05, 0.1) is 13.1 Å². The molecule has 26 heavy (non-hydrogen) atoms. The van der Waals surface area contributed by atoms with Gasteiger partial charge in [-0.3, -0.25) is 9.59 Å². The van der Waals surface area contributed by atoms with E-state index < -0.39 is 0 Å². The molecule has 8 heteroatoms. The van der Waals surface area contributed by atoms with Crippen LogP contribution < -0.4 is 15.5 Å². The van der Waals surface area contributed by atoms with E-state index in [0.29, 0.717) is 19.6 Å². The minimum atomic E-state index is -0.105. The maximum absolute atomic E-state index is 12.2. The molecule has 1 saturated carbocycles. The number of hydrogen-bond donors (Lipinski definition) is 2. The summed E-state index contributed by atoms with van der Waals surface area (Å²) in [5, 5.41) is 5.84. The van der Waals surface area contributed by atoms with Crippen molar-refractivity contribution in [3.05, 3.63) is 30.3 Å². The van der Waals surface area contributed by atoms with E-state index in [-0.39, 0.29) is 43.2 Å². The van der Waals surface area contributed by atoms with E-state index in [9.17, 15) is 9.59 Å². The molecule has 1 aromatic carbocycles. The number of benzene rings is 1. The molecule has 0 unspecified atom stereocenters. The molecule has 1 heterocycles. The van der Waals surface area contributed by atoms with E-state index in [1.165, 1.54) is 18.5 Å². The van der Waals surface area contributed by atoms with Crippen molar-refractivity contribution in [3.8, 4) is 0 Å². The molecule has 1 aromatic rings. The number of nitrogens with one attached hydrogen (secondary N) is 2. The quantitative estimate of drug-likeness (QED) is 0.721. The van der Waals surface area contributed by atoms with Gasteiger partial charge in [-0.1, -0.05) is 18.2 Å². The second kappa shape index (κ2) is 11.3. The van der Waals surface area contributed by atoms with Crippen molar-refractivity contribution in [1.29, 1.82) is 0 Å². The molecule has 0 bridgehead atoms. The van der Waals surface area contributed by atoms with E-state index in [4.69, 9.17) is 0 Å². The van der Waals surface area contributed by atoms with Gasteiger partial charge in [-0.15, -0.1) is 24.8 Å². The van der Waals surface area contributed by atoms with Crippen LogP contribution in [0, 0.1) is 5.92 Å². The van der Waals surface area contributed by atoms with Crippen LogP contribution >= 0.6 is 24.8 Å². The Morgan fingerprint density at radius 2 is 1.62 bits per heavy atom. The lowest BCUT2D eigenvalue weighted by Crippen LogP contribution is -2.51. The van der Waals surface area contributed by atoms with Gasteiger partial charge in [0.2, 0.25) is 11.8 Å². The van der Waals surface area contributed by atoms with E-state index in [0.717, 1.165) is 25.6 Å². The summed E-state index contributed by atoms with van der Waals surface area (Å²) in [6.07, 6.45) is 2.53. The van der Waals surface area contributed by atoms with Crippen LogP contribution in [0.1, 0.15) is 12.8 Å². The van der Waals surface area contributed by atoms with Gasteiger partial charge in [-0.05, 0) is 37.4 Å². The summed E-state index contributed by atoms with van der Waals surface area (Å²) >= 11 is 0. The largest absolute Gasteiger partial charge is 0.368 e. The predicted octanol–water partition coefficient (Wildman–Crippen LogP) is 1.29. The van der Waals surface area contributed by atoms with Crippen molar-refractivity contribution in [2.75, 3.05) is 50.7 Å². The zero-order chi connectivity index (χ0) is 16.8. The van der Waals surface area contributed by atoms with Crippen LogP contribution in [0.15, 0.2) is 30.3 Å². The van der Waals surface area contributed by atoms with Crippen LogP contribution in [0.4, 0.5) is 5.69 Å². The van der Waals surface area contributed by atoms with Crippen molar-refractivity contribution >= 4 is 42.3 Å². The Kier molecular flexibility index (Phi) is 9.76. The lowest BCUT2D eigenvalue weighted by atomic mass is 10.2. The van der Waals surface area contributed by atoms with Crippen molar-refractivity contribution in [2.24, 2.45) is 5.92 Å². The minimum Gasteiger partial charge on any atom is -0.368 e. The molecule has 146 valence electrons. The van der Waals surface area contributed by atoms with Crippen molar-refractivity contribution in [1.82, 2.24) is 15.5 Å². The molecule has 2 fully saturated rings. The van der Waals surface area contributed by atoms with Gasteiger partial charge < -0.3 is 20.4 Å². The molecule has 1 aliphatic heterocycles. The summed E-state index contributed by atoms with van der Waals surface area (Å²) in [7, 11) is 0. The van der Waals surface area contributed by atoms with Gasteiger partial charge in [0.25, 0.3) is 0 Å². The highest BCUT2D eigenvalue weighted by molar-refractivity contribution is 5.86. The zero-order valence-corrected chi connectivity index (χ0v) is 16.5. The number of anilines is 1. The Labute approximate surface area is 167 Å². The molecule has 0 radical (unpaired) electrons. The number of carbonyl (C=O) groups is 2. The Hall–Kier alpha value is -1.50. The van der Waals surface area contributed by atoms with Crippen LogP contribution in [-0.2, 0) is 9.59 Å². The van der Waals surface area contributed by atoms with Gasteiger partial charge in [-0.25, -0.2) is 0 Å². The van der Waals surface area contributed by atoms with Crippen molar-refractivity contribution in [3.63, 3.8) is 0 Å². The van der Waals surface area contributed by atoms with Crippen LogP contribution in [0.2, 0.25) is 0 Å². The molecular formula is C18H28Cl2N4O2. The van der Waals surface area contributed by atoms with Gasteiger partial charge in [0.15, 0.2) is 0 Å². The van der Waals surface area contributed by atoms with E-state index in [1.54, 1.807) is 0 Å². The van der Waals surface area contributed by atoms with Gasteiger partial charge in [-0.2, -0.15) is 0 Å². The van der Waals surface area contributed by atoms with Gasteiger partial charge in [0.1, 0.15) is 0 Å².